The van der Waals surface area contributed by atoms with Crippen LogP contribution in [0.25, 0.3) is 16.7 Å². The van der Waals surface area contributed by atoms with Crippen LogP contribution in [0.4, 0.5) is 0 Å². The second-order valence-electron chi connectivity index (χ2n) is 5.38. The Balaban J connectivity index is 1.87. The number of unbranched alkanes of at least 4 members (excludes halogenated alkanes) is 1. The van der Waals surface area contributed by atoms with E-state index in [1.54, 1.807) is 4.68 Å². The highest BCUT2D eigenvalue weighted by Crippen LogP contribution is 2.12. The third kappa shape index (κ3) is 3.19. The smallest absolute Gasteiger partial charge is 0.326 e. The molecule has 0 bridgehead atoms. The van der Waals surface area contributed by atoms with Crippen molar-refractivity contribution in [2.75, 3.05) is 6.61 Å². The van der Waals surface area contributed by atoms with Crippen molar-refractivity contribution in [2.45, 2.75) is 26.3 Å². The Morgan fingerprint density at radius 2 is 2.04 bits per heavy atom. The monoisotopic (exact) mass is 326 g/mol. The highest BCUT2D eigenvalue weighted by Gasteiger charge is 2.13. The van der Waals surface area contributed by atoms with Crippen LogP contribution in [0.1, 0.15) is 19.8 Å². The largest absolute Gasteiger partial charge is 0.464 e. The van der Waals surface area contributed by atoms with E-state index < -0.39 is 5.97 Å². The predicted octanol–water partition coefficient (Wildman–Crippen LogP) is 1.93. The van der Waals surface area contributed by atoms with Gasteiger partial charge in [-0.15, -0.1) is 0 Å². The molecule has 2 heterocycles. The van der Waals surface area contributed by atoms with Gasteiger partial charge in [-0.05, 0) is 18.6 Å². The van der Waals surface area contributed by atoms with E-state index >= 15 is 0 Å². The van der Waals surface area contributed by atoms with Crippen LogP contribution in [0.15, 0.2) is 47.7 Å². The molecule has 0 spiro atoms. The summed E-state index contributed by atoms with van der Waals surface area (Å²) in [6, 6.07) is 9.43. The van der Waals surface area contributed by atoms with Crippen molar-refractivity contribution in [1.82, 2.24) is 19.3 Å². The van der Waals surface area contributed by atoms with Crippen molar-refractivity contribution in [3.63, 3.8) is 0 Å². The highest BCUT2D eigenvalue weighted by molar-refractivity contribution is 5.75. The molecule has 0 aliphatic heterocycles. The Bertz CT molecular complexity index is 899. The third-order valence-electron chi connectivity index (χ3n) is 3.62. The van der Waals surface area contributed by atoms with Crippen LogP contribution in [0.5, 0.6) is 0 Å². The van der Waals surface area contributed by atoms with Crippen molar-refractivity contribution < 1.29 is 9.53 Å². The molecule has 0 amide bonds. The zero-order valence-corrected chi connectivity index (χ0v) is 13.4. The van der Waals surface area contributed by atoms with Crippen LogP contribution >= 0.6 is 0 Å². The van der Waals surface area contributed by atoms with E-state index in [1.807, 2.05) is 37.3 Å². The number of hydrogen-bond donors (Lipinski definition) is 0. The molecule has 0 saturated heterocycles. The quantitative estimate of drug-likeness (QED) is 0.511. The minimum Gasteiger partial charge on any atom is -0.464 e. The molecule has 0 radical (unpaired) electrons. The van der Waals surface area contributed by atoms with Crippen LogP contribution < -0.4 is 5.56 Å². The maximum absolute atomic E-state index is 12.5. The first-order chi connectivity index (χ1) is 11.7. The molecule has 24 heavy (non-hydrogen) atoms. The van der Waals surface area contributed by atoms with Gasteiger partial charge in [0.1, 0.15) is 18.3 Å². The maximum Gasteiger partial charge on any atom is 0.326 e. The van der Waals surface area contributed by atoms with E-state index in [0.29, 0.717) is 17.6 Å². The van der Waals surface area contributed by atoms with Gasteiger partial charge in [0.2, 0.25) is 0 Å². The fraction of sp³-hybridized carbons (Fsp3) is 0.294. The first kappa shape index (κ1) is 15.9. The molecular formula is C17H18N4O3. The zero-order valence-electron chi connectivity index (χ0n) is 13.4. The first-order valence-electron chi connectivity index (χ1n) is 7.85. The lowest BCUT2D eigenvalue weighted by Gasteiger charge is -2.07. The number of carbonyl (C=O) groups excluding carboxylic acids is 1. The number of rotatable bonds is 6. The zero-order chi connectivity index (χ0) is 16.9. The summed E-state index contributed by atoms with van der Waals surface area (Å²) in [5.41, 5.74) is 0.965. The molecule has 0 unspecified atom stereocenters. The van der Waals surface area contributed by atoms with E-state index in [4.69, 9.17) is 4.74 Å². The Morgan fingerprint density at radius 3 is 2.79 bits per heavy atom. The summed E-state index contributed by atoms with van der Waals surface area (Å²) in [6.45, 7) is 2.23. The van der Waals surface area contributed by atoms with E-state index in [2.05, 4.69) is 10.1 Å². The second kappa shape index (κ2) is 7.08. The normalized spacial score (nSPS) is 10.9. The van der Waals surface area contributed by atoms with Crippen molar-refractivity contribution in [3.05, 3.63) is 53.2 Å². The Hall–Kier alpha value is -2.96. The molecule has 0 atom stereocenters. The van der Waals surface area contributed by atoms with E-state index in [1.165, 1.54) is 17.1 Å². The number of fused-ring (bicyclic) bond motifs is 1. The number of para-hydroxylation sites is 1. The minimum absolute atomic E-state index is 0.151. The van der Waals surface area contributed by atoms with Gasteiger partial charge in [-0.3, -0.25) is 14.2 Å². The number of ether oxygens (including phenoxy) is 1. The molecule has 3 rings (SSSR count). The van der Waals surface area contributed by atoms with Crippen LogP contribution in [0, 0.1) is 0 Å². The Labute approximate surface area is 138 Å². The SMILES string of the molecule is CCCCOC(=O)Cn1cnc2c(cnn2-c2ccccc2)c1=O. The summed E-state index contributed by atoms with van der Waals surface area (Å²) in [6.07, 6.45) is 4.57. The van der Waals surface area contributed by atoms with E-state index in [9.17, 15) is 9.59 Å². The fourth-order valence-corrected chi connectivity index (χ4v) is 2.33. The second-order valence-corrected chi connectivity index (χ2v) is 5.38. The van der Waals surface area contributed by atoms with Gasteiger partial charge in [-0.1, -0.05) is 31.5 Å². The average Bonchev–Trinajstić information content (AvgIpc) is 3.03. The summed E-state index contributed by atoms with van der Waals surface area (Å²) < 4.78 is 7.92. The van der Waals surface area contributed by atoms with Crippen molar-refractivity contribution in [1.29, 1.82) is 0 Å². The van der Waals surface area contributed by atoms with Gasteiger partial charge < -0.3 is 4.74 Å². The molecule has 0 fully saturated rings. The highest BCUT2D eigenvalue weighted by atomic mass is 16.5. The number of nitrogens with zero attached hydrogens (tertiary/aromatic N) is 4. The van der Waals surface area contributed by atoms with Gasteiger partial charge in [-0.25, -0.2) is 9.67 Å². The van der Waals surface area contributed by atoms with Gasteiger partial charge in [0, 0.05) is 0 Å². The standard InChI is InChI=1S/C17H18N4O3/c1-2-3-9-24-15(22)11-20-12-18-16-14(17(20)23)10-19-21(16)13-7-5-4-6-8-13/h4-8,10,12H,2-3,9,11H2,1H3. The minimum atomic E-state index is -0.442. The van der Waals surface area contributed by atoms with Crippen LogP contribution in [0.3, 0.4) is 0 Å². The lowest BCUT2D eigenvalue weighted by Crippen LogP contribution is -2.25. The predicted molar refractivity (Wildman–Crippen MR) is 89.0 cm³/mol. The van der Waals surface area contributed by atoms with Gasteiger partial charge in [0.15, 0.2) is 5.65 Å². The number of carbonyl (C=O) groups is 1. The molecule has 7 nitrogen and oxygen atoms in total. The maximum atomic E-state index is 12.5. The summed E-state index contributed by atoms with van der Waals surface area (Å²) in [5, 5.41) is 4.60. The van der Waals surface area contributed by atoms with Crippen LogP contribution in [-0.4, -0.2) is 31.9 Å². The molecular weight excluding hydrogens is 308 g/mol. The topological polar surface area (TPSA) is 79.0 Å². The van der Waals surface area contributed by atoms with Gasteiger partial charge in [-0.2, -0.15) is 5.10 Å². The number of esters is 1. The molecule has 0 aliphatic rings. The molecule has 0 aliphatic carbocycles. The molecule has 7 heteroatoms. The summed E-state index contributed by atoms with van der Waals surface area (Å²) >= 11 is 0. The van der Waals surface area contributed by atoms with Gasteiger partial charge >= 0.3 is 5.97 Å². The number of aromatic nitrogens is 4. The van der Waals surface area contributed by atoms with Crippen molar-refractivity contribution in [3.8, 4) is 5.69 Å². The molecule has 124 valence electrons. The third-order valence-corrected chi connectivity index (χ3v) is 3.62. The van der Waals surface area contributed by atoms with Crippen LogP contribution in [0.2, 0.25) is 0 Å². The van der Waals surface area contributed by atoms with E-state index in [0.717, 1.165) is 18.5 Å². The van der Waals surface area contributed by atoms with Crippen molar-refractivity contribution >= 4 is 17.0 Å². The molecule has 0 N–H and O–H groups in total. The lowest BCUT2D eigenvalue weighted by atomic mass is 10.3. The van der Waals surface area contributed by atoms with E-state index in [-0.39, 0.29) is 12.1 Å². The molecule has 0 saturated carbocycles. The molecule has 2 aromatic heterocycles. The molecule has 1 aromatic carbocycles. The summed E-state index contributed by atoms with van der Waals surface area (Å²) in [5.74, 6) is -0.442. The van der Waals surface area contributed by atoms with Crippen molar-refractivity contribution in [2.24, 2.45) is 0 Å². The van der Waals surface area contributed by atoms with Gasteiger partial charge in [0.25, 0.3) is 5.56 Å². The fourth-order valence-electron chi connectivity index (χ4n) is 2.33. The average molecular weight is 326 g/mol. The summed E-state index contributed by atoms with van der Waals surface area (Å²) in [4.78, 5) is 28.6. The van der Waals surface area contributed by atoms with Crippen LogP contribution in [-0.2, 0) is 16.1 Å². The molecule has 3 aromatic rings. The van der Waals surface area contributed by atoms with Gasteiger partial charge in [0.05, 0.1) is 18.5 Å². The number of benzene rings is 1. The Kier molecular flexibility index (Phi) is 4.69. The number of hydrogen-bond acceptors (Lipinski definition) is 5. The summed E-state index contributed by atoms with van der Waals surface area (Å²) in [7, 11) is 0. The lowest BCUT2D eigenvalue weighted by molar-refractivity contribution is -0.144. The first-order valence-corrected chi connectivity index (χ1v) is 7.85. The Morgan fingerprint density at radius 1 is 1.25 bits per heavy atom.